The van der Waals surface area contributed by atoms with Crippen molar-refractivity contribution >= 4 is 17.9 Å². The van der Waals surface area contributed by atoms with E-state index in [1.807, 2.05) is 30.3 Å². The van der Waals surface area contributed by atoms with Gasteiger partial charge in [0.1, 0.15) is 6.04 Å². The monoisotopic (exact) mass is 293 g/mol. The van der Waals surface area contributed by atoms with Crippen molar-refractivity contribution in [1.29, 1.82) is 0 Å². The average Bonchev–Trinajstić information content (AvgIpc) is 2.43. The summed E-state index contributed by atoms with van der Waals surface area (Å²) >= 11 is 0. The highest BCUT2D eigenvalue weighted by atomic mass is 16.4. The first-order chi connectivity index (χ1) is 9.90. The van der Waals surface area contributed by atoms with Gasteiger partial charge in [-0.25, -0.2) is 9.59 Å². The predicted molar refractivity (Wildman–Crippen MR) is 76.3 cm³/mol. The summed E-state index contributed by atoms with van der Waals surface area (Å²) in [5, 5.41) is 11.4. The summed E-state index contributed by atoms with van der Waals surface area (Å²) in [4.78, 5) is 35.0. The zero-order chi connectivity index (χ0) is 15.8. The van der Waals surface area contributed by atoms with Crippen LogP contribution in [0.2, 0.25) is 0 Å². The number of nitrogens with zero attached hydrogens (tertiary/aromatic N) is 1. The standard InChI is InChI=1S/C14H19N3O4/c1-17(9-10-5-3-2-4-6-10)14(21)16-11(13(19)20)7-8-12(15)18/h2-6,11H,7-9H2,1H3,(H2,15,18)(H,16,21)(H,19,20)/t11-/m0/s1. The molecule has 21 heavy (non-hydrogen) atoms. The number of carbonyl (C=O) groups excluding carboxylic acids is 2. The minimum atomic E-state index is -1.20. The van der Waals surface area contributed by atoms with Crippen LogP contribution in [0.15, 0.2) is 30.3 Å². The molecule has 1 atom stereocenters. The van der Waals surface area contributed by atoms with E-state index in [1.54, 1.807) is 7.05 Å². The quantitative estimate of drug-likeness (QED) is 0.681. The maximum atomic E-state index is 11.9. The van der Waals surface area contributed by atoms with Gasteiger partial charge in [0.2, 0.25) is 5.91 Å². The number of aliphatic carboxylic acids is 1. The Balaban J connectivity index is 2.56. The predicted octanol–water partition coefficient (Wildman–Crippen LogP) is 0.547. The third-order valence-electron chi connectivity index (χ3n) is 2.88. The van der Waals surface area contributed by atoms with Crippen LogP contribution in [0.25, 0.3) is 0 Å². The topological polar surface area (TPSA) is 113 Å². The molecule has 7 nitrogen and oxygen atoms in total. The molecule has 3 amide bonds. The van der Waals surface area contributed by atoms with Crippen LogP contribution in [0.1, 0.15) is 18.4 Å². The normalized spacial score (nSPS) is 11.5. The number of benzene rings is 1. The summed E-state index contributed by atoms with van der Waals surface area (Å²) < 4.78 is 0. The first-order valence-corrected chi connectivity index (χ1v) is 6.47. The molecular formula is C14H19N3O4. The molecule has 114 valence electrons. The second kappa shape index (κ2) is 7.88. The number of primary amides is 1. The Morgan fingerprint density at radius 1 is 1.29 bits per heavy atom. The fourth-order valence-electron chi connectivity index (χ4n) is 1.73. The second-order valence-electron chi connectivity index (χ2n) is 4.69. The Hall–Kier alpha value is -2.57. The van der Waals surface area contributed by atoms with Crippen LogP contribution in [0.4, 0.5) is 4.79 Å². The van der Waals surface area contributed by atoms with Gasteiger partial charge in [0.05, 0.1) is 0 Å². The van der Waals surface area contributed by atoms with E-state index in [0.717, 1.165) is 5.56 Å². The van der Waals surface area contributed by atoms with Crippen molar-refractivity contribution in [3.8, 4) is 0 Å². The molecule has 0 unspecified atom stereocenters. The number of nitrogens with one attached hydrogen (secondary N) is 1. The minimum absolute atomic E-state index is 0.0322. The van der Waals surface area contributed by atoms with Crippen LogP contribution in [-0.2, 0) is 16.1 Å². The van der Waals surface area contributed by atoms with E-state index in [1.165, 1.54) is 4.90 Å². The molecule has 4 N–H and O–H groups in total. The van der Waals surface area contributed by atoms with Gasteiger partial charge in [-0.15, -0.1) is 0 Å². The van der Waals surface area contributed by atoms with E-state index in [2.05, 4.69) is 5.32 Å². The minimum Gasteiger partial charge on any atom is -0.480 e. The van der Waals surface area contributed by atoms with E-state index in [9.17, 15) is 14.4 Å². The number of nitrogens with two attached hydrogens (primary N) is 1. The number of rotatable bonds is 7. The van der Waals surface area contributed by atoms with Gasteiger partial charge in [-0.3, -0.25) is 4.79 Å². The molecule has 7 heteroatoms. The number of hydrogen-bond acceptors (Lipinski definition) is 3. The molecule has 1 rings (SSSR count). The van der Waals surface area contributed by atoms with Crippen LogP contribution < -0.4 is 11.1 Å². The fourth-order valence-corrected chi connectivity index (χ4v) is 1.73. The third-order valence-corrected chi connectivity index (χ3v) is 2.88. The summed E-state index contributed by atoms with van der Waals surface area (Å²) in [6.45, 7) is 0.356. The lowest BCUT2D eigenvalue weighted by atomic mass is 10.1. The van der Waals surface area contributed by atoms with Crippen LogP contribution in [-0.4, -0.2) is 41.0 Å². The molecule has 1 aromatic carbocycles. The van der Waals surface area contributed by atoms with Crippen molar-refractivity contribution in [1.82, 2.24) is 10.2 Å². The van der Waals surface area contributed by atoms with Gasteiger partial charge < -0.3 is 21.1 Å². The molecule has 0 saturated heterocycles. The Morgan fingerprint density at radius 2 is 1.90 bits per heavy atom. The highest BCUT2D eigenvalue weighted by molar-refractivity contribution is 5.83. The van der Waals surface area contributed by atoms with Crippen LogP contribution in [0, 0.1) is 0 Å². The Kier molecular flexibility index (Phi) is 6.19. The summed E-state index contributed by atoms with van der Waals surface area (Å²) in [6, 6.07) is 7.66. The number of urea groups is 1. The number of carboxylic acids is 1. The van der Waals surface area contributed by atoms with Crippen molar-refractivity contribution in [2.24, 2.45) is 5.73 Å². The molecule has 0 aromatic heterocycles. The molecule has 0 radical (unpaired) electrons. The zero-order valence-corrected chi connectivity index (χ0v) is 11.8. The van der Waals surface area contributed by atoms with Crippen molar-refractivity contribution in [2.75, 3.05) is 7.05 Å². The molecule has 0 bridgehead atoms. The fraction of sp³-hybridized carbons (Fsp3) is 0.357. The molecular weight excluding hydrogens is 274 g/mol. The maximum Gasteiger partial charge on any atom is 0.326 e. The van der Waals surface area contributed by atoms with E-state index in [4.69, 9.17) is 10.8 Å². The van der Waals surface area contributed by atoms with E-state index < -0.39 is 23.9 Å². The lowest BCUT2D eigenvalue weighted by Crippen LogP contribution is -2.46. The lowest BCUT2D eigenvalue weighted by Gasteiger charge is -2.21. The lowest BCUT2D eigenvalue weighted by molar-refractivity contribution is -0.139. The molecule has 0 fully saturated rings. The number of carbonyl (C=O) groups is 3. The van der Waals surface area contributed by atoms with Crippen molar-refractivity contribution in [3.63, 3.8) is 0 Å². The van der Waals surface area contributed by atoms with Gasteiger partial charge in [-0.05, 0) is 12.0 Å². The van der Waals surface area contributed by atoms with E-state index in [-0.39, 0.29) is 12.8 Å². The highest BCUT2D eigenvalue weighted by Crippen LogP contribution is 2.04. The second-order valence-corrected chi connectivity index (χ2v) is 4.69. The molecule has 0 aliphatic heterocycles. The number of hydrogen-bond donors (Lipinski definition) is 3. The molecule has 0 saturated carbocycles. The number of amides is 3. The van der Waals surface area contributed by atoms with Crippen LogP contribution in [0.5, 0.6) is 0 Å². The average molecular weight is 293 g/mol. The van der Waals surface area contributed by atoms with Crippen molar-refractivity contribution < 1.29 is 19.5 Å². The van der Waals surface area contributed by atoms with Gasteiger partial charge >= 0.3 is 12.0 Å². The Bertz CT molecular complexity index is 504. The van der Waals surface area contributed by atoms with Crippen molar-refractivity contribution in [2.45, 2.75) is 25.4 Å². The summed E-state index contributed by atoms with van der Waals surface area (Å²) in [7, 11) is 1.56. The van der Waals surface area contributed by atoms with Gasteiger partial charge in [0.25, 0.3) is 0 Å². The highest BCUT2D eigenvalue weighted by Gasteiger charge is 2.22. The maximum absolute atomic E-state index is 11.9. The number of carboxylic acid groups (broad SMARTS) is 1. The van der Waals surface area contributed by atoms with E-state index in [0.29, 0.717) is 6.54 Å². The summed E-state index contributed by atoms with van der Waals surface area (Å²) in [6.07, 6.45) is -0.130. The smallest absolute Gasteiger partial charge is 0.326 e. The molecule has 0 spiro atoms. The van der Waals surface area contributed by atoms with Crippen molar-refractivity contribution in [3.05, 3.63) is 35.9 Å². The molecule has 1 aromatic rings. The first kappa shape index (κ1) is 16.5. The summed E-state index contributed by atoms with van der Waals surface area (Å²) in [5.41, 5.74) is 5.91. The van der Waals surface area contributed by atoms with Gasteiger partial charge in [-0.2, -0.15) is 0 Å². The van der Waals surface area contributed by atoms with Crippen LogP contribution in [0.3, 0.4) is 0 Å². The largest absolute Gasteiger partial charge is 0.480 e. The third kappa shape index (κ3) is 5.94. The Morgan fingerprint density at radius 3 is 2.43 bits per heavy atom. The van der Waals surface area contributed by atoms with Gasteiger partial charge in [0.15, 0.2) is 0 Å². The van der Waals surface area contributed by atoms with Gasteiger partial charge in [-0.1, -0.05) is 30.3 Å². The van der Waals surface area contributed by atoms with Gasteiger partial charge in [0, 0.05) is 20.0 Å². The van der Waals surface area contributed by atoms with Crippen LogP contribution >= 0.6 is 0 Å². The first-order valence-electron chi connectivity index (χ1n) is 6.47. The zero-order valence-electron chi connectivity index (χ0n) is 11.8. The molecule has 0 aliphatic rings. The molecule has 0 heterocycles. The molecule has 0 aliphatic carbocycles. The summed E-state index contributed by atoms with van der Waals surface area (Å²) in [5.74, 6) is -1.80. The SMILES string of the molecule is CN(Cc1ccccc1)C(=O)N[C@@H](CCC(N)=O)C(=O)O. The van der Waals surface area contributed by atoms with E-state index >= 15 is 0 Å². The Labute approximate surface area is 122 Å².